The molecule has 0 spiro atoms. The van der Waals surface area contributed by atoms with Gasteiger partial charge >= 0.3 is 0 Å². The molecule has 0 saturated carbocycles. The molecule has 0 unspecified atom stereocenters. The van der Waals surface area contributed by atoms with E-state index in [2.05, 4.69) is 5.32 Å². The minimum atomic E-state index is -0.199. The predicted molar refractivity (Wildman–Crippen MR) is 69.0 cm³/mol. The molecule has 96 valence electrons. The highest BCUT2D eigenvalue weighted by Gasteiger charge is 2.25. The summed E-state index contributed by atoms with van der Waals surface area (Å²) in [5.41, 5.74) is 8.18. The standard InChI is InChI=1S/C13H16N2O3/c1-7(16)15-10-6-9(14)12-8(13(10)18-2)4-3-5-11(12)17/h6H,3-5,14H2,1-2H3,(H,15,16). The smallest absolute Gasteiger partial charge is 0.221 e. The zero-order valence-electron chi connectivity index (χ0n) is 10.5. The Morgan fingerprint density at radius 3 is 2.78 bits per heavy atom. The monoisotopic (exact) mass is 248 g/mol. The Labute approximate surface area is 105 Å². The number of ketones is 1. The maximum atomic E-state index is 11.9. The van der Waals surface area contributed by atoms with E-state index in [1.165, 1.54) is 14.0 Å². The number of carbonyl (C=O) groups is 2. The lowest BCUT2D eigenvalue weighted by Crippen LogP contribution is -2.17. The Balaban J connectivity index is 2.62. The highest BCUT2D eigenvalue weighted by atomic mass is 16.5. The van der Waals surface area contributed by atoms with E-state index < -0.39 is 0 Å². The molecule has 0 saturated heterocycles. The summed E-state index contributed by atoms with van der Waals surface area (Å²) < 4.78 is 5.33. The van der Waals surface area contributed by atoms with Gasteiger partial charge in [-0.2, -0.15) is 0 Å². The first-order valence-corrected chi connectivity index (χ1v) is 5.84. The lowest BCUT2D eigenvalue weighted by molar-refractivity contribution is -0.114. The van der Waals surface area contributed by atoms with Crippen molar-refractivity contribution in [1.82, 2.24) is 0 Å². The Kier molecular flexibility index (Phi) is 3.23. The van der Waals surface area contributed by atoms with Gasteiger partial charge in [0.05, 0.1) is 12.8 Å². The van der Waals surface area contributed by atoms with E-state index in [4.69, 9.17) is 10.5 Å². The summed E-state index contributed by atoms with van der Waals surface area (Å²) in [4.78, 5) is 23.0. The van der Waals surface area contributed by atoms with Crippen LogP contribution in [-0.4, -0.2) is 18.8 Å². The fourth-order valence-electron chi connectivity index (χ4n) is 2.38. The van der Waals surface area contributed by atoms with Crippen molar-refractivity contribution in [3.63, 3.8) is 0 Å². The van der Waals surface area contributed by atoms with Gasteiger partial charge in [-0.25, -0.2) is 0 Å². The van der Waals surface area contributed by atoms with E-state index in [1.807, 2.05) is 0 Å². The number of methoxy groups -OCH3 is 1. The van der Waals surface area contributed by atoms with Crippen molar-refractivity contribution in [2.24, 2.45) is 0 Å². The number of hydrogen-bond acceptors (Lipinski definition) is 4. The topological polar surface area (TPSA) is 81.4 Å². The number of benzene rings is 1. The number of hydrogen-bond donors (Lipinski definition) is 2. The molecule has 1 aromatic rings. The van der Waals surface area contributed by atoms with E-state index in [-0.39, 0.29) is 11.7 Å². The Morgan fingerprint density at radius 1 is 1.44 bits per heavy atom. The van der Waals surface area contributed by atoms with E-state index >= 15 is 0 Å². The molecule has 0 heterocycles. The third-order valence-corrected chi connectivity index (χ3v) is 3.03. The summed E-state index contributed by atoms with van der Waals surface area (Å²) in [6.45, 7) is 1.42. The highest BCUT2D eigenvalue weighted by Crippen LogP contribution is 2.39. The van der Waals surface area contributed by atoms with Gasteiger partial charge in [0.2, 0.25) is 5.91 Å². The van der Waals surface area contributed by atoms with Gasteiger partial charge in [-0.1, -0.05) is 0 Å². The number of rotatable bonds is 2. The quantitative estimate of drug-likeness (QED) is 0.781. The van der Waals surface area contributed by atoms with Crippen molar-refractivity contribution < 1.29 is 14.3 Å². The predicted octanol–water partition coefficient (Wildman–Crippen LogP) is 1.75. The number of carbonyl (C=O) groups excluding carboxylic acids is 2. The van der Waals surface area contributed by atoms with Gasteiger partial charge in [0.15, 0.2) is 5.78 Å². The molecule has 0 aliphatic heterocycles. The molecule has 1 aromatic carbocycles. The van der Waals surface area contributed by atoms with E-state index in [0.717, 1.165) is 18.4 Å². The molecule has 0 atom stereocenters. The van der Waals surface area contributed by atoms with Crippen LogP contribution in [0.4, 0.5) is 11.4 Å². The second-order valence-electron chi connectivity index (χ2n) is 4.36. The minimum Gasteiger partial charge on any atom is -0.494 e. The molecule has 0 fully saturated rings. The first-order valence-electron chi connectivity index (χ1n) is 5.84. The Bertz CT molecular complexity index is 523. The third kappa shape index (κ3) is 2.03. The molecule has 18 heavy (non-hydrogen) atoms. The van der Waals surface area contributed by atoms with Gasteiger partial charge in [-0.05, 0) is 18.9 Å². The lowest BCUT2D eigenvalue weighted by Gasteiger charge is -2.22. The van der Waals surface area contributed by atoms with Crippen molar-refractivity contribution in [3.8, 4) is 5.75 Å². The summed E-state index contributed by atoms with van der Waals surface area (Å²) >= 11 is 0. The molecular weight excluding hydrogens is 232 g/mol. The van der Waals surface area contributed by atoms with Crippen LogP contribution in [0.5, 0.6) is 5.75 Å². The maximum Gasteiger partial charge on any atom is 0.221 e. The number of anilines is 2. The van der Waals surface area contributed by atoms with Gasteiger partial charge in [0.1, 0.15) is 5.75 Å². The molecule has 1 aliphatic rings. The van der Waals surface area contributed by atoms with E-state index in [1.54, 1.807) is 6.07 Å². The Hall–Kier alpha value is -2.04. The second-order valence-corrected chi connectivity index (χ2v) is 4.36. The second kappa shape index (κ2) is 4.68. The van der Waals surface area contributed by atoms with Gasteiger partial charge in [-0.15, -0.1) is 0 Å². The average Bonchev–Trinajstić information content (AvgIpc) is 2.28. The normalized spacial score (nSPS) is 14.0. The molecular formula is C13H16N2O3. The Morgan fingerprint density at radius 2 is 2.17 bits per heavy atom. The first-order chi connectivity index (χ1) is 8.54. The van der Waals surface area contributed by atoms with Crippen LogP contribution in [0.25, 0.3) is 0 Å². The van der Waals surface area contributed by atoms with Gasteiger partial charge in [0.25, 0.3) is 0 Å². The fraction of sp³-hybridized carbons (Fsp3) is 0.385. The highest BCUT2D eigenvalue weighted by molar-refractivity contribution is 6.05. The van der Waals surface area contributed by atoms with Gasteiger partial charge in [-0.3, -0.25) is 9.59 Å². The molecule has 3 N–H and O–H groups in total. The van der Waals surface area contributed by atoms with Crippen molar-refractivity contribution in [3.05, 3.63) is 17.2 Å². The fourth-order valence-corrected chi connectivity index (χ4v) is 2.38. The van der Waals surface area contributed by atoms with Gasteiger partial charge < -0.3 is 15.8 Å². The van der Waals surface area contributed by atoms with Crippen molar-refractivity contribution in [1.29, 1.82) is 0 Å². The minimum absolute atomic E-state index is 0.0430. The summed E-state index contributed by atoms with van der Waals surface area (Å²) in [6, 6.07) is 1.59. The van der Waals surface area contributed by atoms with Crippen molar-refractivity contribution in [2.45, 2.75) is 26.2 Å². The molecule has 2 rings (SSSR count). The number of nitrogen functional groups attached to an aromatic ring is 1. The number of ether oxygens (including phenoxy) is 1. The molecule has 0 bridgehead atoms. The molecule has 0 radical (unpaired) electrons. The number of nitrogens with two attached hydrogens (primary N) is 1. The summed E-state index contributed by atoms with van der Waals surface area (Å²) in [6.07, 6.45) is 2.03. The van der Waals surface area contributed by atoms with Crippen molar-refractivity contribution >= 4 is 23.1 Å². The lowest BCUT2D eigenvalue weighted by atomic mass is 9.88. The SMILES string of the molecule is COc1c(NC(C)=O)cc(N)c2c1CCCC2=O. The average molecular weight is 248 g/mol. The van der Waals surface area contributed by atoms with Crippen LogP contribution < -0.4 is 15.8 Å². The first kappa shape index (κ1) is 12.4. The van der Waals surface area contributed by atoms with E-state index in [9.17, 15) is 9.59 Å². The summed E-state index contributed by atoms with van der Waals surface area (Å²) in [5, 5.41) is 2.67. The van der Waals surface area contributed by atoms with Crippen LogP contribution in [0.1, 0.15) is 35.7 Å². The number of amides is 1. The number of nitrogens with one attached hydrogen (secondary N) is 1. The number of Topliss-reactive ketones (excluding diaryl/α,β-unsaturated/α-hetero) is 1. The van der Waals surface area contributed by atoms with Crippen LogP contribution in [0.2, 0.25) is 0 Å². The molecule has 1 aliphatic carbocycles. The molecule has 5 heteroatoms. The third-order valence-electron chi connectivity index (χ3n) is 3.03. The van der Waals surface area contributed by atoms with Crippen molar-refractivity contribution in [2.75, 3.05) is 18.2 Å². The van der Waals surface area contributed by atoms with Gasteiger partial charge in [0, 0.05) is 30.2 Å². The zero-order chi connectivity index (χ0) is 13.3. The largest absolute Gasteiger partial charge is 0.494 e. The van der Waals surface area contributed by atoms with E-state index in [0.29, 0.717) is 29.1 Å². The molecule has 1 amide bonds. The molecule has 5 nitrogen and oxygen atoms in total. The van der Waals surface area contributed by atoms with Crippen LogP contribution in [0, 0.1) is 0 Å². The summed E-state index contributed by atoms with van der Waals surface area (Å²) in [5.74, 6) is 0.388. The molecule has 0 aromatic heterocycles. The zero-order valence-corrected chi connectivity index (χ0v) is 10.5. The summed E-state index contributed by atoms with van der Waals surface area (Å²) in [7, 11) is 1.52. The number of fused-ring (bicyclic) bond motifs is 1. The van der Waals surface area contributed by atoms with Crippen LogP contribution in [0.3, 0.4) is 0 Å². The van der Waals surface area contributed by atoms with Crippen LogP contribution >= 0.6 is 0 Å². The maximum absolute atomic E-state index is 11.9. The van der Waals surface area contributed by atoms with Crippen LogP contribution in [-0.2, 0) is 11.2 Å². The van der Waals surface area contributed by atoms with Crippen LogP contribution in [0.15, 0.2) is 6.07 Å².